The molecule has 0 saturated carbocycles. The van der Waals surface area contributed by atoms with Gasteiger partial charge in [-0.2, -0.15) is 13.5 Å². The summed E-state index contributed by atoms with van der Waals surface area (Å²) >= 11 is 5.83. The molecule has 0 aliphatic carbocycles. The molecular formula is C22H18ClF2NO3S. The second kappa shape index (κ2) is 8.63. The van der Waals surface area contributed by atoms with Crippen molar-refractivity contribution in [3.63, 3.8) is 0 Å². The second-order valence-corrected chi connectivity index (χ2v) is 8.89. The van der Waals surface area contributed by atoms with Gasteiger partial charge in [0.15, 0.2) is 0 Å². The van der Waals surface area contributed by atoms with Crippen LogP contribution in [0, 0.1) is 6.92 Å². The van der Waals surface area contributed by atoms with E-state index in [0.717, 1.165) is 11.6 Å². The van der Waals surface area contributed by atoms with Crippen molar-refractivity contribution in [2.24, 2.45) is 0 Å². The van der Waals surface area contributed by atoms with E-state index in [-0.39, 0.29) is 21.0 Å². The van der Waals surface area contributed by atoms with E-state index in [9.17, 15) is 13.2 Å². The van der Waals surface area contributed by atoms with Crippen LogP contribution >= 0.6 is 11.6 Å². The van der Waals surface area contributed by atoms with E-state index in [1.807, 2.05) is 4.72 Å². The van der Waals surface area contributed by atoms with Gasteiger partial charge in [0, 0.05) is 10.6 Å². The van der Waals surface area contributed by atoms with Gasteiger partial charge in [-0.25, -0.2) is 8.42 Å². The summed E-state index contributed by atoms with van der Waals surface area (Å²) in [6.07, 6.45) is 0. The third kappa shape index (κ3) is 4.75. The number of carbonyl (C=O) groups excluding carboxylic acids is 1. The zero-order valence-electron chi connectivity index (χ0n) is 15.8. The van der Waals surface area contributed by atoms with E-state index in [4.69, 9.17) is 11.6 Å². The summed E-state index contributed by atoms with van der Waals surface area (Å²) in [6.45, 7) is 1.77. The number of carbonyl (C=O) groups is 1. The average Bonchev–Trinajstić information content (AvgIpc) is 2.72. The van der Waals surface area contributed by atoms with Gasteiger partial charge in [0.05, 0.1) is 4.90 Å². The van der Waals surface area contributed by atoms with Crippen molar-refractivity contribution < 1.29 is 22.0 Å². The molecule has 0 spiro atoms. The van der Waals surface area contributed by atoms with Crippen molar-refractivity contribution in [1.29, 1.82) is 0 Å². The average molecular weight is 450 g/mol. The summed E-state index contributed by atoms with van der Waals surface area (Å²) in [7, 11) is -4.34. The quantitative estimate of drug-likeness (QED) is 0.505. The maximum absolute atomic E-state index is 15.4. The minimum absolute atomic E-state index is 0.0476. The molecule has 0 fully saturated rings. The first-order valence-electron chi connectivity index (χ1n) is 8.93. The van der Waals surface area contributed by atoms with Crippen molar-refractivity contribution >= 4 is 27.4 Å². The molecule has 1 atom stereocenters. The largest absolute Gasteiger partial charge is 0.329 e. The van der Waals surface area contributed by atoms with Gasteiger partial charge >= 0.3 is 5.92 Å². The zero-order valence-corrected chi connectivity index (χ0v) is 17.4. The standard InChI is InChI=1S/C22H18ClF2NO3S/c1-15-10-12-19(13-11-15)30(28,29)26-20(16-6-3-2-4-7-16)22(24,25)21(27)17-8-5-9-18(23)14-17/h2-14,20,26H,1H3. The number of ketones is 1. The van der Waals surface area contributed by atoms with Crippen LogP contribution in [-0.4, -0.2) is 20.1 Å². The van der Waals surface area contributed by atoms with Crippen molar-refractivity contribution in [2.45, 2.75) is 23.8 Å². The molecule has 4 nitrogen and oxygen atoms in total. The molecule has 1 N–H and O–H groups in total. The number of halogens is 3. The van der Waals surface area contributed by atoms with E-state index in [1.165, 1.54) is 54.6 Å². The van der Waals surface area contributed by atoms with Crippen LogP contribution in [0.3, 0.4) is 0 Å². The first-order valence-corrected chi connectivity index (χ1v) is 10.8. The van der Waals surface area contributed by atoms with Crippen LogP contribution in [0.5, 0.6) is 0 Å². The van der Waals surface area contributed by atoms with Crippen molar-refractivity contribution in [3.8, 4) is 0 Å². The number of nitrogens with one attached hydrogen (secondary N) is 1. The van der Waals surface area contributed by atoms with Gasteiger partial charge in [-0.15, -0.1) is 0 Å². The van der Waals surface area contributed by atoms with E-state index < -0.39 is 27.8 Å². The highest BCUT2D eigenvalue weighted by molar-refractivity contribution is 7.89. The van der Waals surface area contributed by atoms with Crippen LogP contribution in [-0.2, 0) is 10.0 Å². The Morgan fingerprint density at radius 1 is 0.967 bits per heavy atom. The van der Waals surface area contributed by atoms with Crippen molar-refractivity contribution in [1.82, 2.24) is 4.72 Å². The van der Waals surface area contributed by atoms with Crippen LogP contribution in [0.2, 0.25) is 5.02 Å². The molecule has 0 heterocycles. The number of alkyl halides is 2. The topological polar surface area (TPSA) is 63.2 Å². The molecule has 0 saturated heterocycles. The molecule has 0 aromatic heterocycles. The third-order valence-corrected chi connectivity index (χ3v) is 6.16. The molecule has 0 amide bonds. The van der Waals surface area contributed by atoms with E-state index in [0.29, 0.717) is 0 Å². The lowest BCUT2D eigenvalue weighted by Crippen LogP contribution is -2.45. The molecule has 3 rings (SSSR count). The fraction of sp³-hybridized carbons (Fsp3) is 0.136. The lowest BCUT2D eigenvalue weighted by molar-refractivity contribution is -0.0111. The highest BCUT2D eigenvalue weighted by Gasteiger charge is 2.50. The SMILES string of the molecule is Cc1ccc(S(=O)(=O)NC(c2ccccc2)C(F)(F)C(=O)c2cccc(Cl)c2)cc1. The first-order chi connectivity index (χ1) is 14.1. The molecule has 0 radical (unpaired) electrons. The summed E-state index contributed by atoms with van der Waals surface area (Å²) in [5, 5.41) is 0.119. The summed E-state index contributed by atoms with van der Waals surface area (Å²) in [5.41, 5.74) is 0.451. The molecule has 3 aromatic carbocycles. The predicted octanol–water partition coefficient (Wildman–Crippen LogP) is 5.19. The van der Waals surface area contributed by atoms with Gasteiger partial charge < -0.3 is 0 Å². The number of aryl methyl sites for hydroxylation is 1. The summed E-state index contributed by atoms with van der Waals surface area (Å²) < 4.78 is 58.4. The van der Waals surface area contributed by atoms with Crippen LogP contribution < -0.4 is 4.72 Å². The number of hydrogen-bond acceptors (Lipinski definition) is 3. The molecule has 156 valence electrons. The predicted molar refractivity (Wildman–Crippen MR) is 111 cm³/mol. The van der Waals surface area contributed by atoms with Crippen LogP contribution in [0.4, 0.5) is 8.78 Å². The van der Waals surface area contributed by atoms with Crippen LogP contribution in [0.15, 0.2) is 83.8 Å². The Balaban J connectivity index is 2.04. The lowest BCUT2D eigenvalue weighted by atomic mass is 9.95. The second-order valence-electron chi connectivity index (χ2n) is 6.74. The van der Waals surface area contributed by atoms with E-state index in [2.05, 4.69) is 0 Å². The highest BCUT2D eigenvalue weighted by atomic mass is 35.5. The van der Waals surface area contributed by atoms with Gasteiger partial charge in [0.1, 0.15) is 6.04 Å². The fourth-order valence-electron chi connectivity index (χ4n) is 2.89. The Hall–Kier alpha value is -2.61. The normalized spacial score (nSPS) is 13.1. The van der Waals surface area contributed by atoms with Gasteiger partial charge in [-0.3, -0.25) is 4.79 Å². The lowest BCUT2D eigenvalue weighted by Gasteiger charge is -2.27. The van der Waals surface area contributed by atoms with Crippen molar-refractivity contribution in [2.75, 3.05) is 0 Å². The summed E-state index contributed by atoms with van der Waals surface area (Å²) in [4.78, 5) is 12.5. The van der Waals surface area contributed by atoms with Crippen LogP contribution in [0.25, 0.3) is 0 Å². The zero-order chi connectivity index (χ0) is 21.9. The molecule has 8 heteroatoms. The van der Waals surface area contributed by atoms with Crippen molar-refractivity contribution in [3.05, 3.63) is 101 Å². The minimum Gasteiger partial charge on any atom is -0.287 e. The van der Waals surface area contributed by atoms with Gasteiger partial charge in [-0.05, 0) is 36.8 Å². The molecule has 0 bridgehead atoms. The molecular weight excluding hydrogens is 432 g/mol. The number of hydrogen-bond donors (Lipinski definition) is 1. The summed E-state index contributed by atoms with van der Waals surface area (Å²) in [6, 6.07) is 16.0. The molecule has 1 unspecified atom stereocenters. The number of sulfonamides is 1. The Kier molecular flexibility index (Phi) is 6.36. The number of rotatable bonds is 7. The van der Waals surface area contributed by atoms with Crippen LogP contribution in [0.1, 0.15) is 27.5 Å². The molecule has 0 aliphatic heterocycles. The van der Waals surface area contributed by atoms with E-state index in [1.54, 1.807) is 25.1 Å². The van der Waals surface area contributed by atoms with Gasteiger partial charge in [0.2, 0.25) is 15.8 Å². The highest BCUT2D eigenvalue weighted by Crippen LogP contribution is 2.36. The molecule has 3 aromatic rings. The van der Waals surface area contributed by atoms with E-state index >= 15 is 8.78 Å². The Morgan fingerprint density at radius 2 is 1.60 bits per heavy atom. The monoisotopic (exact) mass is 449 g/mol. The summed E-state index contributed by atoms with van der Waals surface area (Å²) in [5.74, 6) is -5.62. The Labute approximate surface area is 178 Å². The van der Waals surface area contributed by atoms with Gasteiger partial charge in [-0.1, -0.05) is 71.8 Å². The van der Waals surface area contributed by atoms with Gasteiger partial charge in [0.25, 0.3) is 0 Å². The molecule has 30 heavy (non-hydrogen) atoms. The number of Topliss-reactive ketones (excluding diaryl/α,β-unsaturated/α-hetero) is 1. The smallest absolute Gasteiger partial charge is 0.287 e. The molecule has 0 aliphatic rings. The number of benzene rings is 3. The first kappa shape index (κ1) is 22.1. The minimum atomic E-state index is -4.34. The fourth-order valence-corrected chi connectivity index (χ4v) is 4.31. The Bertz CT molecular complexity index is 1150. The maximum Gasteiger partial charge on any atom is 0.329 e. The Morgan fingerprint density at radius 3 is 2.20 bits per heavy atom. The maximum atomic E-state index is 15.4. The third-order valence-electron chi connectivity index (χ3n) is 4.49.